The molecule has 0 unspecified atom stereocenters. The van der Waals surface area contributed by atoms with Gasteiger partial charge in [0.25, 0.3) is 0 Å². The molecule has 1 saturated heterocycles. The molecule has 1 N–H and O–H groups in total. The van der Waals surface area contributed by atoms with Crippen molar-refractivity contribution in [2.45, 2.75) is 38.5 Å². The van der Waals surface area contributed by atoms with Crippen LogP contribution >= 0.6 is 0 Å². The van der Waals surface area contributed by atoms with E-state index in [9.17, 15) is 4.79 Å². The average Bonchev–Trinajstić information content (AvgIpc) is 2.53. The second kappa shape index (κ2) is 7.28. The molecule has 132 valence electrons. The number of likely N-dealkylation sites (tertiary alicyclic amines) is 1. The Bertz CT molecular complexity index is 649. The van der Waals surface area contributed by atoms with Gasteiger partial charge in [-0.25, -0.2) is 4.79 Å². The van der Waals surface area contributed by atoms with E-state index in [0.717, 1.165) is 13.1 Å². The van der Waals surface area contributed by atoms with Gasteiger partial charge in [0.1, 0.15) is 5.60 Å². The summed E-state index contributed by atoms with van der Waals surface area (Å²) in [4.78, 5) is 14.3. The molecular weight excluding hydrogens is 312 g/mol. The Morgan fingerprint density at radius 3 is 1.92 bits per heavy atom. The van der Waals surface area contributed by atoms with E-state index in [1.807, 2.05) is 32.9 Å². The fourth-order valence-corrected chi connectivity index (χ4v) is 3.17. The van der Waals surface area contributed by atoms with Crippen molar-refractivity contribution in [3.63, 3.8) is 0 Å². The van der Waals surface area contributed by atoms with Crippen molar-refractivity contribution in [3.8, 4) is 0 Å². The van der Waals surface area contributed by atoms with Crippen molar-refractivity contribution in [2.24, 2.45) is 0 Å². The Morgan fingerprint density at radius 1 is 1.00 bits per heavy atom. The molecule has 4 nitrogen and oxygen atoms in total. The summed E-state index contributed by atoms with van der Waals surface area (Å²) >= 11 is 0. The minimum atomic E-state index is -0.468. The zero-order chi connectivity index (χ0) is 17.9. The molecule has 0 saturated carbocycles. The highest BCUT2D eigenvalue weighted by molar-refractivity contribution is 5.68. The number of nitrogens with one attached hydrogen (secondary N) is 1. The zero-order valence-electron chi connectivity index (χ0n) is 15.1. The zero-order valence-corrected chi connectivity index (χ0v) is 15.1. The van der Waals surface area contributed by atoms with Crippen molar-refractivity contribution >= 4 is 6.09 Å². The van der Waals surface area contributed by atoms with Gasteiger partial charge in [-0.05, 0) is 31.9 Å². The lowest BCUT2D eigenvalue weighted by molar-refractivity contribution is 0.0356. The van der Waals surface area contributed by atoms with Gasteiger partial charge >= 0.3 is 6.09 Å². The number of hydrogen-bond donors (Lipinski definition) is 1. The van der Waals surface area contributed by atoms with Crippen LogP contribution in [0, 0.1) is 0 Å². The highest BCUT2D eigenvalue weighted by Gasteiger charge is 2.35. The Labute approximate surface area is 149 Å². The Kier molecular flexibility index (Phi) is 5.09. The van der Waals surface area contributed by atoms with E-state index < -0.39 is 5.60 Å². The third-order valence-electron chi connectivity index (χ3n) is 4.23. The van der Waals surface area contributed by atoms with Gasteiger partial charge in [-0.15, -0.1) is 0 Å². The molecule has 2 aromatic rings. The summed E-state index contributed by atoms with van der Waals surface area (Å²) in [6, 6.07) is 21.3. The summed E-state index contributed by atoms with van der Waals surface area (Å²) in [5, 5.41) is 2.96. The van der Waals surface area contributed by atoms with Gasteiger partial charge in [0.05, 0.1) is 12.1 Å². The predicted octanol–water partition coefficient (Wildman–Crippen LogP) is 3.98. The van der Waals surface area contributed by atoms with E-state index in [1.165, 1.54) is 11.1 Å². The largest absolute Gasteiger partial charge is 0.444 e. The first-order chi connectivity index (χ1) is 11.9. The van der Waals surface area contributed by atoms with E-state index in [-0.39, 0.29) is 18.2 Å². The van der Waals surface area contributed by atoms with Crippen molar-refractivity contribution in [3.05, 3.63) is 71.8 Å². The molecule has 0 aliphatic carbocycles. The molecule has 3 rings (SSSR count). The van der Waals surface area contributed by atoms with E-state index in [2.05, 4.69) is 58.7 Å². The lowest BCUT2D eigenvalue weighted by Gasteiger charge is -2.45. The van der Waals surface area contributed by atoms with Crippen LogP contribution in [0.3, 0.4) is 0 Å². The molecule has 0 spiro atoms. The first-order valence-corrected chi connectivity index (χ1v) is 8.76. The first kappa shape index (κ1) is 17.5. The molecule has 1 amide bonds. The maximum atomic E-state index is 11.9. The van der Waals surface area contributed by atoms with Crippen LogP contribution in [0.4, 0.5) is 4.79 Å². The minimum absolute atomic E-state index is 0.129. The lowest BCUT2D eigenvalue weighted by atomic mass is 9.93. The SMILES string of the molecule is CC(C)(C)OC(=O)NC1CN(C(c2ccccc2)c2ccccc2)C1. The number of benzene rings is 2. The number of hydrogen-bond acceptors (Lipinski definition) is 3. The summed E-state index contributed by atoms with van der Waals surface area (Å²) in [6.45, 7) is 7.25. The van der Waals surface area contributed by atoms with Crippen LogP contribution in [0.1, 0.15) is 37.9 Å². The van der Waals surface area contributed by atoms with Gasteiger partial charge < -0.3 is 10.1 Å². The maximum absolute atomic E-state index is 11.9. The summed E-state index contributed by atoms with van der Waals surface area (Å²) in [7, 11) is 0. The molecule has 1 heterocycles. The molecule has 1 aliphatic heterocycles. The highest BCUT2D eigenvalue weighted by atomic mass is 16.6. The van der Waals surface area contributed by atoms with E-state index >= 15 is 0 Å². The summed E-state index contributed by atoms with van der Waals surface area (Å²) in [6.07, 6.45) is -0.340. The van der Waals surface area contributed by atoms with Crippen LogP contribution in [0.2, 0.25) is 0 Å². The van der Waals surface area contributed by atoms with Crippen molar-refractivity contribution < 1.29 is 9.53 Å². The number of ether oxygens (including phenoxy) is 1. The van der Waals surface area contributed by atoms with E-state index in [0.29, 0.717) is 0 Å². The van der Waals surface area contributed by atoms with Gasteiger partial charge in [0.2, 0.25) is 0 Å². The summed E-state index contributed by atoms with van der Waals surface area (Å²) in [5.41, 5.74) is 2.07. The molecule has 4 heteroatoms. The molecule has 1 fully saturated rings. The number of carbonyl (C=O) groups excluding carboxylic acids is 1. The van der Waals surface area contributed by atoms with E-state index in [1.54, 1.807) is 0 Å². The molecule has 0 radical (unpaired) electrons. The third kappa shape index (κ3) is 4.60. The Morgan fingerprint density at radius 2 is 1.48 bits per heavy atom. The molecule has 0 bridgehead atoms. The number of rotatable bonds is 4. The van der Waals surface area contributed by atoms with Gasteiger partial charge in [0, 0.05) is 13.1 Å². The topological polar surface area (TPSA) is 41.6 Å². The second-order valence-corrected chi connectivity index (χ2v) is 7.52. The smallest absolute Gasteiger partial charge is 0.407 e. The van der Waals surface area contributed by atoms with Crippen LogP contribution in [0.5, 0.6) is 0 Å². The lowest BCUT2D eigenvalue weighted by Crippen LogP contribution is -2.60. The molecule has 0 aromatic heterocycles. The van der Waals surface area contributed by atoms with Crippen LogP contribution in [-0.2, 0) is 4.74 Å². The third-order valence-corrected chi connectivity index (χ3v) is 4.23. The minimum Gasteiger partial charge on any atom is -0.444 e. The molecule has 2 aromatic carbocycles. The maximum Gasteiger partial charge on any atom is 0.407 e. The van der Waals surface area contributed by atoms with Gasteiger partial charge in [0.15, 0.2) is 0 Å². The van der Waals surface area contributed by atoms with Crippen LogP contribution < -0.4 is 5.32 Å². The normalized spacial score (nSPS) is 15.7. The Balaban J connectivity index is 1.66. The number of nitrogens with zero attached hydrogens (tertiary/aromatic N) is 1. The Hall–Kier alpha value is -2.33. The quantitative estimate of drug-likeness (QED) is 0.917. The second-order valence-electron chi connectivity index (χ2n) is 7.52. The predicted molar refractivity (Wildman–Crippen MR) is 99.5 cm³/mol. The molecule has 0 atom stereocenters. The number of carbonyl (C=O) groups is 1. The fourth-order valence-electron chi connectivity index (χ4n) is 3.17. The standard InChI is InChI=1S/C21H26N2O2/c1-21(2,3)25-20(24)22-18-14-23(15-18)19(16-10-6-4-7-11-16)17-12-8-5-9-13-17/h4-13,18-19H,14-15H2,1-3H3,(H,22,24). The van der Waals surface area contributed by atoms with Gasteiger partial charge in [-0.1, -0.05) is 60.7 Å². The van der Waals surface area contributed by atoms with E-state index in [4.69, 9.17) is 4.74 Å². The van der Waals surface area contributed by atoms with Gasteiger partial charge in [-0.3, -0.25) is 4.90 Å². The molecular formula is C21H26N2O2. The van der Waals surface area contributed by atoms with Crippen LogP contribution in [-0.4, -0.2) is 35.7 Å². The van der Waals surface area contributed by atoms with Crippen molar-refractivity contribution in [1.82, 2.24) is 10.2 Å². The van der Waals surface area contributed by atoms with Crippen LogP contribution in [0.25, 0.3) is 0 Å². The summed E-state index contributed by atoms with van der Waals surface area (Å²) < 4.78 is 5.34. The van der Waals surface area contributed by atoms with Crippen molar-refractivity contribution in [1.29, 1.82) is 0 Å². The average molecular weight is 338 g/mol. The number of alkyl carbamates (subject to hydrolysis) is 1. The van der Waals surface area contributed by atoms with Crippen molar-refractivity contribution in [2.75, 3.05) is 13.1 Å². The molecule has 1 aliphatic rings. The highest BCUT2D eigenvalue weighted by Crippen LogP contribution is 2.32. The monoisotopic (exact) mass is 338 g/mol. The summed E-state index contributed by atoms with van der Waals surface area (Å²) in [5.74, 6) is 0. The number of amides is 1. The van der Waals surface area contributed by atoms with Crippen LogP contribution in [0.15, 0.2) is 60.7 Å². The molecule has 25 heavy (non-hydrogen) atoms. The fraction of sp³-hybridized carbons (Fsp3) is 0.381. The first-order valence-electron chi connectivity index (χ1n) is 8.76. The van der Waals surface area contributed by atoms with Gasteiger partial charge in [-0.2, -0.15) is 0 Å².